The summed E-state index contributed by atoms with van der Waals surface area (Å²) in [6.45, 7) is 2.18. The highest BCUT2D eigenvalue weighted by atomic mass is 16.4. The number of carbonyl (C=O) groups is 2. The van der Waals surface area contributed by atoms with E-state index >= 15 is 0 Å². The molecule has 1 aliphatic heterocycles. The highest BCUT2D eigenvalue weighted by Gasteiger charge is 2.35. The van der Waals surface area contributed by atoms with Crippen LogP contribution in [-0.4, -0.2) is 42.5 Å². The van der Waals surface area contributed by atoms with E-state index in [2.05, 4.69) is 9.97 Å². The number of aliphatic carboxylic acids is 1. The van der Waals surface area contributed by atoms with E-state index in [1.54, 1.807) is 6.07 Å². The number of H-pyrrole nitrogens is 1. The Bertz CT molecular complexity index is 1090. The molecule has 0 saturated heterocycles. The van der Waals surface area contributed by atoms with Crippen LogP contribution in [0, 0.1) is 6.92 Å². The second kappa shape index (κ2) is 6.42. The maximum Gasteiger partial charge on any atom is 0.419 e. The van der Waals surface area contributed by atoms with Gasteiger partial charge in [0.1, 0.15) is 6.04 Å². The number of benzene rings is 1. The summed E-state index contributed by atoms with van der Waals surface area (Å²) in [6.07, 6.45) is 1.65. The minimum Gasteiger partial charge on any atom is -0.480 e. The lowest BCUT2D eigenvalue weighted by Gasteiger charge is -2.32. The first-order chi connectivity index (χ1) is 12.9. The SMILES string of the molecule is Cc1ccc2oc(=O)n(CCC(=O)N3Cc4[nH]cnc4CC3C(=O)O)c2c1. The molecule has 0 bridgehead atoms. The molecule has 0 radical (unpaired) electrons. The average molecular weight is 370 g/mol. The minimum atomic E-state index is -1.07. The third-order valence-electron chi connectivity index (χ3n) is 4.88. The van der Waals surface area contributed by atoms with Crippen molar-refractivity contribution >= 4 is 23.0 Å². The molecule has 0 saturated carbocycles. The minimum absolute atomic E-state index is 0.00423. The number of amides is 1. The number of aryl methyl sites for hydroxylation is 2. The molecule has 2 aromatic heterocycles. The van der Waals surface area contributed by atoms with E-state index in [-0.39, 0.29) is 31.8 Å². The van der Waals surface area contributed by atoms with Crippen LogP contribution in [0.5, 0.6) is 0 Å². The van der Waals surface area contributed by atoms with E-state index in [0.29, 0.717) is 16.8 Å². The fourth-order valence-corrected chi connectivity index (χ4v) is 3.45. The van der Waals surface area contributed by atoms with Crippen LogP contribution in [0.25, 0.3) is 11.1 Å². The van der Waals surface area contributed by atoms with Crippen LogP contribution >= 0.6 is 0 Å². The number of imidazole rings is 1. The monoisotopic (exact) mass is 370 g/mol. The number of aromatic nitrogens is 3. The van der Waals surface area contributed by atoms with Gasteiger partial charge in [-0.15, -0.1) is 0 Å². The third kappa shape index (κ3) is 3.01. The molecule has 27 heavy (non-hydrogen) atoms. The Morgan fingerprint density at radius 2 is 2.22 bits per heavy atom. The van der Waals surface area contributed by atoms with Crippen LogP contribution in [0.4, 0.5) is 0 Å². The second-order valence-corrected chi connectivity index (χ2v) is 6.65. The molecule has 4 rings (SSSR count). The van der Waals surface area contributed by atoms with E-state index in [4.69, 9.17) is 4.42 Å². The van der Waals surface area contributed by atoms with Crippen molar-refractivity contribution in [3.05, 3.63) is 52.0 Å². The second-order valence-electron chi connectivity index (χ2n) is 6.65. The van der Waals surface area contributed by atoms with Crippen molar-refractivity contribution in [2.45, 2.75) is 38.9 Å². The van der Waals surface area contributed by atoms with E-state index in [1.165, 1.54) is 15.8 Å². The van der Waals surface area contributed by atoms with Crippen LogP contribution in [0.1, 0.15) is 23.4 Å². The van der Waals surface area contributed by atoms with Gasteiger partial charge in [0.05, 0.1) is 29.8 Å². The lowest BCUT2D eigenvalue weighted by molar-refractivity contribution is -0.151. The summed E-state index contributed by atoms with van der Waals surface area (Å²) in [7, 11) is 0. The van der Waals surface area contributed by atoms with Gasteiger partial charge in [-0.05, 0) is 24.6 Å². The van der Waals surface area contributed by atoms with Crippen molar-refractivity contribution in [2.24, 2.45) is 0 Å². The molecule has 1 atom stereocenters. The van der Waals surface area contributed by atoms with Crippen molar-refractivity contribution < 1.29 is 19.1 Å². The van der Waals surface area contributed by atoms with Gasteiger partial charge in [-0.1, -0.05) is 6.07 Å². The van der Waals surface area contributed by atoms with Crippen LogP contribution in [-0.2, 0) is 29.1 Å². The molecule has 3 aromatic rings. The third-order valence-corrected chi connectivity index (χ3v) is 4.88. The van der Waals surface area contributed by atoms with Crippen LogP contribution in [0.3, 0.4) is 0 Å². The Morgan fingerprint density at radius 3 is 3.00 bits per heavy atom. The number of oxazole rings is 1. The van der Waals surface area contributed by atoms with Gasteiger partial charge in [0.15, 0.2) is 5.58 Å². The molecule has 3 heterocycles. The molecule has 0 spiro atoms. The highest BCUT2D eigenvalue weighted by molar-refractivity contribution is 5.84. The number of rotatable bonds is 4. The summed E-state index contributed by atoms with van der Waals surface area (Å²) in [5.74, 6) is -1.94. The summed E-state index contributed by atoms with van der Waals surface area (Å²) >= 11 is 0. The molecule has 0 aliphatic carbocycles. The normalized spacial score (nSPS) is 16.5. The number of aromatic amines is 1. The van der Waals surface area contributed by atoms with Crippen LogP contribution in [0.15, 0.2) is 33.7 Å². The zero-order chi connectivity index (χ0) is 19.1. The molecular weight excluding hydrogens is 352 g/mol. The first-order valence-corrected chi connectivity index (χ1v) is 8.57. The number of fused-ring (bicyclic) bond motifs is 2. The number of hydrogen-bond acceptors (Lipinski definition) is 5. The number of nitrogens with one attached hydrogen (secondary N) is 1. The number of hydrogen-bond donors (Lipinski definition) is 2. The van der Waals surface area contributed by atoms with Gasteiger partial charge in [-0.3, -0.25) is 9.36 Å². The average Bonchev–Trinajstić information content (AvgIpc) is 3.21. The Balaban J connectivity index is 1.56. The molecule has 9 heteroatoms. The van der Waals surface area contributed by atoms with Gasteiger partial charge >= 0.3 is 11.7 Å². The molecule has 1 aliphatic rings. The van der Waals surface area contributed by atoms with E-state index in [1.807, 2.05) is 19.1 Å². The van der Waals surface area contributed by atoms with Gasteiger partial charge < -0.3 is 19.4 Å². The topological polar surface area (TPSA) is 121 Å². The summed E-state index contributed by atoms with van der Waals surface area (Å²) in [5, 5.41) is 9.49. The number of carboxylic acids is 1. The first-order valence-electron chi connectivity index (χ1n) is 8.57. The van der Waals surface area contributed by atoms with E-state index < -0.39 is 17.8 Å². The zero-order valence-electron chi connectivity index (χ0n) is 14.6. The summed E-state index contributed by atoms with van der Waals surface area (Å²) in [4.78, 5) is 44.8. The lowest BCUT2D eigenvalue weighted by atomic mass is 10.0. The van der Waals surface area contributed by atoms with Crippen molar-refractivity contribution in [1.29, 1.82) is 0 Å². The van der Waals surface area contributed by atoms with Crippen LogP contribution in [0.2, 0.25) is 0 Å². The lowest BCUT2D eigenvalue weighted by Crippen LogP contribution is -2.49. The molecule has 1 aromatic carbocycles. The van der Waals surface area contributed by atoms with Crippen LogP contribution < -0.4 is 5.76 Å². The largest absolute Gasteiger partial charge is 0.480 e. The molecular formula is C18H18N4O5. The molecule has 1 amide bonds. The standard InChI is InChI=1S/C18H18N4O5/c1-10-2-3-15-13(6-10)21(18(26)27-15)5-4-16(23)22-8-12-11(19-9-20-12)7-14(22)17(24)25/h2-3,6,9,14H,4-5,7-8H2,1H3,(H,19,20)(H,24,25). The van der Waals surface area contributed by atoms with Crippen molar-refractivity contribution in [1.82, 2.24) is 19.4 Å². The van der Waals surface area contributed by atoms with Gasteiger partial charge in [-0.2, -0.15) is 0 Å². The van der Waals surface area contributed by atoms with Gasteiger partial charge in [0.25, 0.3) is 0 Å². The number of carboxylic acid groups (broad SMARTS) is 1. The van der Waals surface area contributed by atoms with Gasteiger partial charge in [0, 0.05) is 19.4 Å². The first kappa shape index (κ1) is 17.1. The summed E-state index contributed by atoms with van der Waals surface area (Å²) in [5.41, 5.74) is 3.46. The molecule has 9 nitrogen and oxygen atoms in total. The van der Waals surface area contributed by atoms with E-state index in [9.17, 15) is 19.5 Å². The Morgan fingerprint density at radius 1 is 1.41 bits per heavy atom. The summed E-state index contributed by atoms with van der Waals surface area (Å²) in [6, 6.07) is 4.42. The predicted octanol–water partition coefficient (Wildman–Crippen LogP) is 1.05. The Labute approximate surface area is 153 Å². The zero-order valence-corrected chi connectivity index (χ0v) is 14.6. The fourth-order valence-electron chi connectivity index (χ4n) is 3.45. The fraction of sp³-hybridized carbons (Fsp3) is 0.333. The van der Waals surface area contributed by atoms with E-state index in [0.717, 1.165) is 11.3 Å². The molecule has 2 N–H and O–H groups in total. The molecule has 1 unspecified atom stereocenters. The van der Waals surface area contributed by atoms with Gasteiger partial charge in [-0.25, -0.2) is 14.6 Å². The van der Waals surface area contributed by atoms with Gasteiger partial charge in [0.2, 0.25) is 5.91 Å². The number of nitrogens with zero attached hydrogens (tertiary/aromatic N) is 3. The maximum absolute atomic E-state index is 12.7. The van der Waals surface area contributed by atoms with Crippen molar-refractivity contribution in [2.75, 3.05) is 0 Å². The van der Waals surface area contributed by atoms with Crippen molar-refractivity contribution in [3.63, 3.8) is 0 Å². The highest BCUT2D eigenvalue weighted by Crippen LogP contribution is 2.22. The Hall–Kier alpha value is -3.36. The maximum atomic E-state index is 12.7. The molecule has 140 valence electrons. The summed E-state index contributed by atoms with van der Waals surface area (Å²) < 4.78 is 6.61. The molecule has 0 fully saturated rings. The smallest absolute Gasteiger partial charge is 0.419 e. The number of carbonyl (C=O) groups excluding carboxylic acids is 1. The predicted molar refractivity (Wildman–Crippen MR) is 94.1 cm³/mol. The Kier molecular flexibility index (Phi) is 4.06. The van der Waals surface area contributed by atoms with Crippen molar-refractivity contribution in [3.8, 4) is 0 Å². The quantitative estimate of drug-likeness (QED) is 0.708.